The third kappa shape index (κ3) is 3.38. The summed E-state index contributed by atoms with van der Waals surface area (Å²) in [5, 5.41) is 8.28. The molecule has 208 valence electrons. The molecule has 0 saturated heterocycles. The van der Waals surface area contributed by atoms with Crippen molar-refractivity contribution in [2.75, 3.05) is 0 Å². The van der Waals surface area contributed by atoms with Crippen LogP contribution in [0.1, 0.15) is 28.9 Å². The summed E-state index contributed by atoms with van der Waals surface area (Å²) in [7, 11) is 0. The number of aryl methyl sites for hydroxylation is 1. The Morgan fingerprint density at radius 1 is 0.523 bits per heavy atom. The van der Waals surface area contributed by atoms with Crippen molar-refractivity contribution in [2.45, 2.75) is 19.4 Å². The molecule has 1 aliphatic heterocycles. The van der Waals surface area contributed by atoms with Gasteiger partial charge >= 0.3 is 0 Å². The quantitative estimate of drug-likeness (QED) is 0.209. The molecule has 0 radical (unpaired) electrons. The van der Waals surface area contributed by atoms with Gasteiger partial charge in [0.1, 0.15) is 29.1 Å². The van der Waals surface area contributed by atoms with Gasteiger partial charge in [0.05, 0.1) is 6.26 Å². The number of allylic oxidation sites excluding steroid dienone is 1. The van der Waals surface area contributed by atoms with Crippen molar-refractivity contribution in [3.05, 3.63) is 132 Å². The van der Waals surface area contributed by atoms with E-state index in [9.17, 15) is 0 Å². The molecule has 6 aromatic carbocycles. The highest BCUT2D eigenvalue weighted by Gasteiger charge is 2.24. The molecule has 0 amide bonds. The lowest BCUT2D eigenvalue weighted by atomic mass is 9.83. The lowest BCUT2D eigenvalue weighted by molar-refractivity contribution is 0.235. The van der Waals surface area contributed by atoms with E-state index in [1.165, 1.54) is 60.3 Å². The highest BCUT2D eigenvalue weighted by Crippen LogP contribution is 2.46. The van der Waals surface area contributed by atoms with E-state index in [4.69, 9.17) is 13.6 Å². The first-order valence-electron chi connectivity index (χ1n) is 15.2. The minimum Gasteiger partial charge on any atom is -0.496 e. The van der Waals surface area contributed by atoms with Crippen LogP contribution >= 0.6 is 0 Å². The highest BCUT2D eigenvalue weighted by atomic mass is 16.5. The van der Waals surface area contributed by atoms with Gasteiger partial charge in [0.25, 0.3) is 0 Å². The van der Waals surface area contributed by atoms with E-state index in [1.54, 1.807) is 0 Å². The number of benzene rings is 6. The molecule has 3 heterocycles. The van der Waals surface area contributed by atoms with Crippen LogP contribution in [0, 0.1) is 0 Å². The van der Waals surface area contributed by atoms with Crippen molar-refractivity contribution in [3.63, 3.8) is 0 Å². The number of fused-ring (bicyclic) bond motifs is 9. The van der Waals surface area contributed by atoms with Gasteiger partial charge in [-0.2, -0.15) is 0 Å². The third-order valence-electron chi connectivity index (χ3n) is 9.46. The summed E-state index contributed by atoms with van der Waals surface area (Å²) in [6.07, 6.45) is 10.4. The van der Waals surface area contributed by atoms with Crippen LogP contribution in [0.2, 0.25) is 0 Å². The monoisotopic (exact) mass is 566 g/mol. The zero-order valence-electron chi connectivity index (χ0n) is 23.9. The summed E-state index contributed by atoms with van der Waals surface area (Å²) in [5.74, 6) is 1.09. The Kier molecular flexibility index (Phi) is 4.89. The van der Waals surface area contributed by atoms with Crippen LogP contribution in [-0.4, -0.2) is 0 Å². The van der Waals surface area contributed by atoms with E-state index in [-0.39, 0.29) is 0 Å². The first-order valence-corrected chi connectivity index (χ1v) is 15.2. The van der Waals surface area contributed by atoms with Gasteiger partial charge in [0.15, 0.2) is 0 Å². The van der Waals surface area contributed by atoms with E-state index in [0.717, 1.165) is 51.7 Å². The van der Waals surface area contributed by atoms with Crippen LogP contribution in [0.15, 0.2) is 118 Å². The average molecular weight is 567 g/mol. The Labute approximate surface area is 253 Å². The molecule has 2 aromatic heterocycles. The summed E-state index contributed by atoms with van der Waals surface area (Å²) in [5.41, 5.74) is 11.1. The minimum atomic E-state index is 0.509. The molecule has 2 aliphatic rings. The summed E-state index contributed by atoms with van der Waals surface area (Å²) >= 11 is 0. The van der Waals surface area contributed by atoms with Gasteiger partial charge in [0, 0.05) is 33.7 Å². The second-order valence-electron chi connectivity index (χ2n) is 11.9. The first-order chi connectivity index (χ1) is 21.8. The Bertz CT molecular complexity index is 2550. The highest BCUT2D eigenvalue weighted by molar-refractivity contribution is 6.14. The number of hydrogen-bond donors (Lipinski definition) is 0. The molecule has 0 bridgehead atoms. The molecule has 0 unspecified atom stereocenters. The predicted octanol–water partition coefficient (Wildman–Crippen LogP) is 11.4. The molecule has 1 aliphatic carbocycles. The predicted molar refractivity (Wildman–Crippen MR) is 181 cm³/mol. The number of rotatable bonds is 2. The Morgan fingerprint density at radius 3 is 2.20 bits per heavy atom. The van der Waals surface area contributed by atoms with Crippen LogP contribution in [0.3, 0.4) is 0 Å². The zero-order chi connectivity index (χ0) is 28.8. The van der Waals surface area contributed by atoms with Gasteiger partial charge in [0.2, 0.25) is 0 Å². The fourth-order valence-corrected chi connectivity index (χ4v) is 7.46. The second kappa shape index (κ2) is 8.98. The number of ether oxygens (including phenoxy) is 1. The molecule has 0 fully saturated rings. The van der Waals surface area contributed by atoms with E-state index in [1.807, 2.05) is 6.26 Å². The molecule has 0 N–H and O–H groups in total. The van der Waals surface area contributed by atoms with Crippen molar-refractivity contribution in [3.8, 4) is 22.3 Å². The van der Waals surface area contributed by atoms with Crippen molar-refractivity contribution in [1.82, 2.24) is 0 Å². The Balaban J connectivity index is 1.23. The average Bonchev–Trinajstić information content (AvgIpc) is 3.62. The molecular formula is C41H26O3. The summed E-state index contributed by atoms with van der Waals surface area (Å²) in [6, 6.07) is 34.9. The van der Waals surface area contributed by atoms with Gasteiger partial charge < -0.3 is 13.6 Å². The molecule has 0 saturated carbocycles. The Hall–Kier alpha value is -5.54. The molecule has 0 spiro atoms. The zero-order valence-corrected chi connectivity index (χ0v) is 23.9. The lowest BCUT2D eigenvalue weighted by Gasteiger charge is -2.23. The van der Waals surface area contributed by atoms with Gasteiger partial charge in [-0.1, -0.05) is 72.8 Å². The summed E-state index contributed by atoms with van der Waals surface area (Å²) < 4.78 is 18.7. The first kappa shape index (κ1) is 24.0. The molecule has 3 heteroatoms. The van der Waals surface area contributed by atoms with Crippen molar-refractivity contribution in [2.24, 2.45) is 0 Å². The molecule has 44 heavy (non-hydrogen) atoms. The lowest BCUT2D eigenvalue weighted by Crippen LogP contribution is -2.04. The molecular weight excluding hydrogens is 540 g/mol. The fraction of sp³-hybridized carbons (Fsp3) is 0.0732. The van der Waals surface area contributed by atoms with Crippen LogP contribution in [-0.2, 0) is 17.8 Å². The smallest absolute Gasteiger partial charge is 0.136 e. The minimum absolute atomic E-state index is 0.509. The van der Waals surface area contributed by atoms with E-state index >= 15 is 0 Å². The van der Waals surface area contributed by atoms with Gasteiger partial charge in [-0.25, -0.2) is 0 Å². The second-order valence-corrected chi connectivity index (χ2v) is 11.9. The summed E-state index contributed by atoms with van der Waals surface area (Å²) in [4.78, 5) is 0. The normalized spacial score (nSPS) is 14.1. The van der Waals surface area contributed by atoms with Gasteiger partial charge in [-0.15, -0.1) is 0 Å². The Morgan fingerprint density at radius 2 is 1.30 bits per heavy atom. The molecule has 3 nitrogen and oxygen atoms in total. The molecule has 8 aromatic rings. The SMILES string of the molecule is C1=Cc2c(oc3ccc(-c4c5c(c(-c6ccc7c(c6)oc6cc8ccccc8cc67)c6ccccc46)COC=C5)cc23)CC1. The van der Waals surface area contributed by atoms with E-state index in [2.05, 4.69) is 115 Å². The van der Waals surface area contributed by atoms with E-state index in [0.29, 0.717) is 6.61 Å². The van der Waals surface area contributed by atoms with Crippen molar-refractivity contribution < 1.29 is 13.6 Å². The largest absolute Gasteiger partial charge is 0.496 e. The molecule has 0 atom stereocenters. The van der Waals surface area contributed by atoms with Crippen molar-refractivity contribution >= 4 is 66.6 Å². The summed E-state index contributed by atoms with van der Waals surface area (Å²) in [6.45, 7) is 0.509. The van der Waals surface area contributed by atoms with Crippen LogP contribution in [0.25, 0.3) is 88.9 Å². The number of hydrogen-bond acceptors (Lipinski definition) is 3. The third-order valence-corrected chi connectivity index (χ3v) is 9.46. The fourth-order valence-electron chi connectivity index (χ4n) is 7.46. The maximum atomic E-state index is 6.49. The van der Waals surface area contributed by atoms with E-state index < -0.39 is 0 Å². The van der Waals surface area contributed by atoms with Gasteiger partial charge in [-0.05, 0) is 98.3 Å². The molecule has 10 rings (SSSR count). The van der Waals surface area contributed by atoms with Crippen LogP contribution < -0.4 is 0 Å². The maximum absolute atomic E-state index is 6.49. The standard InChI is InChI=1S/C41H26O3/c1-2-8-25-21-39-34(19-24(25)7-1)29-15-13-27(22-38(29)44-39)41-31-11-4-3-10-30(31)40(32-17-18-42-23-35(32)41)26-14-16-37-33(20-26)28-9-5-6-12-36(28)43-37/h1-5,7-11,13-22H,6,12,23H2. The van der Waals surface area contributed by atoms with Crippen molar-refractivity contribution in [1.29, 1.82) is 0 Å². The maximum Gasteiger partial charge on any atom is 0.136 e. The topological polar surface area (TPSA) is 35.5 Å². The van der Waals surface area contributed by atoms with Crippen LogP contribution in [0.4, 0.5) is 0 Å². The number of furan rings is 2. The van der Waals surface area contributed by atoms with Crippen LogP contribution in [0.5, 0.6) is 0 Å². The van der Waals surface area contributed by atoms with Gasteiger partial charge in [-0.3, -0.25) is 0 Å².